The second-order valence-corrected chi connectivity index (χ2v) is 8.91. The molecule has 4 aromatic rings. The normalized spacial score (nSPS) is 13.5. The van der Waals surface area contributed by atoms with Gasteiger partial charge in [0, 0.05) is 29.9 Å². The van der Waals surface area contributed by atoms with Crippen LogP contribution >= 0.6 is 0 Å². The van der Waals surface area contributed by atoms with E-state index in [0.29, 0.717) is 40.0 Å². The molecule has 0 spiro atoms. The molecular formula is C27H29N7O3. The largest absolute Gasteiger partial charge is 0.495 e. The van der Waals surface area contributed by atoms with Crippen molar-refractivity contribution in [3.8, 4) is 22.8 Å². The van der Waals surface area contributed by atoms with Crippen molar-refractivity contribution in [1.82, 2.24) is 20.3 Å². The Morgan fingerprint density at radius 3 is 2.51 bits per heavy atom. The van der Waals surface area contributed by atoms with Crippen LogP contribution in [0.2, 0.25) is 0 Å². The summed E-state index contributed by atoms with van der Waals surface area (Å²) < 4.78 is 11.9. The zero-order valence-electron chi connectivity index (χ0n) is 20.7. The maximum Gasteiger partial charge on any atom is 0.251 e. The lowest BCUT2D eigenvalue weighted by molar-refractivity contribution is 0.0962. The number of hydrogen-bond donors (Lipinski definition) is 5. The number of rotatable bonds is 8. The van der Waals surface area contributed by atoms with Gasteiger partial charge < -0.3 is 30.8 Å². The predicted molar refractivity (Wildman–Crippen MR) is 143 cm³/mol. The van der Waals surface area contributed by atoms with E-state index in [4.69, 9.17) is 30.6 Å². The number of hydrogen-bond acceptors (Lipinski definition) is 7. The molecule has 10 nitrogen and oxygen atoms in total. The van der Waals surface area contributed by atoms with Crippen LogP contribution in [0, 0.1) is 5.41 Å². The second-order valence-electron chi connectivity index (χ2n) is 8.91. The molecule has 1 fully saturated rings. The summed E-state index contributed by atoms with van der Waals surface area (Å²) in [4.78, 5) is 24.7. The molecule has 2 heterocycles. The first-order chi connectivity index (χ1) is 18.0. The summed E-state index contributed by atoms with van der Waals surface area (Å²) >= 11 is 0. The molecule has 5 rings (SSSR count). The van der Waals surface area contributed by atoms with Gasteiger partial charge in [-0.25, -0.2) is 0 Å². The number of nitrogens with one attached hydrogen (secondary N) is 4. The van der Waals surface area contributed by atoms with Crippen LogP contribution in [0.15, 0.2) is 48.7 Å². The first kappa shape index (κ1) is 24.1. The Balaban J connectivity index is 1.55. The van der Waals surface area contributed by atoms with Crippen LogP contribution in [0.5, 0.6) is 11.6 Å². The Morgan fingerprint density at radius 1 is 1.11 bits per heavy atom. The van der Waals surface area contributed by atoms with Gasteiger partial charge in [0.2, 0.25) is 11.8 Å². The number of fused-ring (bicyclic) bond motifs is 1. The molecule has 0 radical (unpaired) electrons. The molecule has 0 saturated heterocycles. The molecule has 1 saturated carbocycles. The van der Waals surface area contributed by atoms with Crippen molar-refractivity contribution in [3.05, 3.63) is 59.8 Å². The zero-order valence-corrected chi connectivity index (χ0v) is 20.7. The van der Waals surface area contributed by atoms with Crippen LogP contribution in [-0.2, 0) is 0 Å². The summed E-state index contributed by atoms with van der Waals surface area (Å²) in [6.07, 6.45) is 6.20. The summed E-state index contributed by atoms with van der Waals surface area (Å²) in [6, 6.07) is 12.6. The van der Waals surface area contributed by atoms with Crippen molar-refractivity contribution in [2.75, 3.05) is 19.5 Å². The standard InChI is InChI=1S/C27H29N7O3/c1-30-25(35)17-11-12-20(21(13-17)36-2)32-27-33-24-22(26(34-27)37-18-5-3-4-6-18)19(14-31-24)15-7-9-16(10-8-15)23(28)29/h7-14,18H,3-6H2,1-2H3,(H3,28,29)(H,30,35)(H2,31,32,33,34). The smallest absolute Gasteiger partial charge is 0.251 e. The van der Waals surface area contributed by atoms with Gasteiger partial charge in [-0.1, -0.05) is 24.3 Å². The SMILES string of the molecule is CNC(=O)c1ccc(Nc2nc(OC3CCCC3)c3c(-c4ccc(C(=N)N)cc4)c[nH]c3n2)c(OC)c1. The summed E-state index contributed by atoms with van der Waals surface area (Å²) in [5, 5.41) is 14.3. The molecule has 0 aliphatic heterocycles. The minimum Gasteiger partial charge on any atom is -0.495 e. The highest BCUT2D eigenvalue weighted by atomic mass is 16.5. The summed E-state index contributed by atoms with van der Waals surface area (Å²) in [7, 11) is 3.12. The highest BCUT2D eigenvalue weighted by Crippen LogP contribution is 2.37. The maximum absolute atomic E-state index is 12.0. The number of carbonyl (C=O) groups is 1. The molecule has 1 aliphatic carbocycles. The van der Waals surface area contributed by atoms with Crippen LogP contribution in [0.25, 0.3) is 22.2 Å². The van der Waals surface area contributed by atoms with Gasteiger partial charge in [0.15, 0.2) is 0 Å². The van der Waals surface area contributed by atoms with Gasteiger partial charge in [0.05, 0.1) is 18.2 Å². The van der Waals surface area contributed by atoms with Gasteiger partial charge in [0.1, 0.15) is 23.3 Å². The van der Waals surface area contributed by atoms with Gasteiger partial charge in [0.25, 0.3) is 5.91 Å². The maximum atomic E-state index is 12.0. The molecule has 10 heteroatoms. The number of amides is 1. The van der Waals surface area contributed by atoms with E-state index in [-0.39, 0.29) is 17.8 Å². The average Bonchev–Trinajstić information content (AvgIpc) is 3.58. The third kappa shape index (κ3) is 4.90. The van der Waals surface area contributed by atoms with E-state index in [9.17, 15) is 4.79 Å². The Hall–Kier alpha value is -4.60. The number of benzene rings is 2. The molecule has 2 aromatic heterocycles. The Labute approximate surface area is 214 Å². The van der Waals surface area contributed by atoms with Crippen molar-refractivity contribution in [2.45, 2.75) is 31.8 Å². The highest BCUT2D eigenvalue weighted by Gasteiger charge is 2.23. The number of amidine groups is 1. The first-order valence-electron chi connectivity index (χ1n) is 12.1. The Morgan fingerprint density at radius 2 is 1.84 bits per heavy atom. The van der Waals surface area contributed by atoms with Crippen molar-refractivity contribution in [3.63, 3.8) is 0 Å². The van der Waals surface area contributed by atoms with Crippen LogP contribution in [0.1, 0.15) is 41.6 Å². The van der Waals surface area contributed by atoms with Crippen LogP contribution in [-0.4, -0.2) is 47.0 Å². The van der Waals surface area contributed by atoms with Crippen molar-refractivity contribution < 1.29 is 14.3 Å². The zero-order chi connectivity index (χ0) is 25.9. The van der Waals surface area contributed by atoms with Gasteiger partial charge in [-0.15, -0.1) is 0 Å². The molecule has 0 bridgehead atoms. The summed E-state index contributed by atoms with van der Waals surface area (Å²) in [6.45, 7) is 0. The minimum atomic E-state index is -0.204. The fourth-order valence-electron chi connectivity index (χ4n) is 4.56. The minimum absolute atomic E-state index is 0.0218. The number of nitrogens with zero attached hydrogens (tertiary/aromatic N) is 2. The Kier molecular flexibility index (Phi) is 6.63. The van der Waals surface area contributed by atoms with Gasteiger partial charge in [-0.05, 0) is 49.4 Å². The highest BCUT2D eigenvalue weighted by molar-refractivity contribution is 5.99. The van der Waals surface area contributed by atoms with E-state index < -0.39 is 0 Å². The molecule has 37 heavy (non-hydrogen) atoms. The second kappa shape index (κ2) is 10.2. The van der Waals surface area contributed by atoms with Crippen molar-refractivity contribution in [2.24, 2.45) is 5.73 Å². The molecule has 2 aromatic carbocycles. The number of aromatic nitrogens is 3. The first-order valence-corrected chi connectivity index (χ1v) is 12.1. The van der Waals surface area contributed by atoms with E-state index in [1.165, 1.54) is 0 Å². The number of nitrogens with two attached hydrogens (primary N) is 1. The van der Waals surface area contributed by atoms with E-state index >= 15 is 0 Å². The Bertz CT molecular complexity index is 1460. The van der Waals surface area contributed by atoms with E-state index in [0.717, 1.165) is 42.2 Å². The third-order valence-electron chi connectivity index (χ3n) is 6.52. The lowest BCUT2D eigenvalue weighted by Gasteiger charge is -2.16. The molecule has 190 valence electrons. The molecule has 0 atom stereocenters. The lowest BCUT2D eigenvalue weighted by Crippen LogP contribution is -2.17. The quantitative estimate of drug-likeness (QED) is 0.179. The average molecular weight is 500 g/mol. The van der Waals surface area contributed by atoms with Crippen LogP contribution in [0.4, 0.5) is 11.6 Å². The van der Waals surface area contributed by atoms with E-state index in [2.05, 4.69) is 15.6 Å². The number of nitrogen functional groups attached to an aromatic ring is 1. The number of carbonyl (C=O) groups excluding carboxylic acids is 1. The fraction of sp³-hybridized carbons (Fsp3) is 0.259. The molecule has 1 aliphatic rings. The fourth-order valence-corrected chi connectivity index (χ4v) is 4.56. The number of methoxy groups -OCH3 is 1. The van der Waals surface area contributed by atoms with E-state index in [1.54, 1.807) is 32.4 Å². The summed E-state index contributed by atoms with van der Waals surface area (Å²) in [5.41, 5.74) is 9.84. The van der Waals surface area contributed by atoms with Gasteiger partial charge in [-0.3, -0.25) is 10.2 Å². The molecule has 1 amide bonds. The topological polar surface area (TPSA) is 151 Å². The summed E-state index contributed by atoms with van der Waals surface area (Å²) in [5.74, 6) is 1.14. The van der Waals surface area contributed by atoms with Crippen LogP contribution in [0.3, 0.4) is 0 Å². The van der Waals surface area contributed by atoms with Gasteiger partial charge >= 0.3 is 0 Å². The lowest BCUT2D eigenvalue weighted by atomic mass is 10.0. The number of anilines is 2. The number of ether oxygens (including phenoxy) is 2. The molecule has 0 unspecified atom stereocenters. The molecular weight excluding hydrogens is 470 g/mol. The van der Waals surface area contributed by atoms with Crippen LogP contribution < -0.4 is 25.8 Å². The molecule has 6 N–H and O–H groups in total. The monoisotopic (exact) mass is 499 g/mol. The van der Waals surface area contributed by atoms with E-state index in [1.807, 2.05) is 30.5 Å². The van der Waals surface area contributed by atoms with Crippen molar-refractivity contribution >= 4 is 34.4 Å². The third-order valence-corrected chi connectivity index (χ3v) is 6.52. The number of H-pyrrole nitrogens is 1. The predicted octanol–water partition coefficient (Wildman–Crippen LogP) is 4.34. The number of aromatic amines is 1. The van der Waals surface area contributed by atoms with Crippen molar-refractivity contribution in [1.29, 1.82) is 5.41 Å². The van der Waals surface area contributed by atoms with Gasteiger partial charge in [-0.2, -0.15) is 9.97 Å².